The fraction of sp³-hybridized carbons (Fsp3) is 0.417. The van der Waals surface area contributed by atoms with Crippen molar-refractivity contribution in [1.29, 1.82) is 0 Å². The predicted molar refractivity (Wildman–Crippen MR) is 68.2 cm³/mol. The van der Waals surface area contributed by atoms with Gasteiger partial charge in [-0.1, -0.05) is 0 Å². The standard InChI is InChI=1S/C12H15N5O/c1-7-10-3-9(6-14-11(10)17(2)16-7)15-12(18)8-4-13-5-8/h3,6,8,13H,4-5H2,1-2H3,(H,15,18). The van der Waals surface area contributed by atoms with Gasteiger partial charge in [0.1, 0.15) is 0 Å². The Morgan fingerprint density at radius 2 is 2.33 bits per heavy atom. The number of nitrogens with zero attached hydrogens (tertiary/aromatic N) is 3. The fourth-order valence-electron chi connectivity index (χ4n) is 2.09. The SMILES string of the molecule is Cc1nn(C)c2ncc(NC(=O)C3CNC3)cc12. The first-order chi connectivity index (χ1) is 8.65. The van der Waals surface area contributed by atoms with Gasteiger partial charge in [-0.3, -0.25) is 9.48 Å². The second-order valence-electron chi connectivity index (χ2n) is 4.65. The molecule has 1 amide bonds. The van der Waals surface area contributed by atoms with E-state index in [-0.39, 0.29) is 11.8 Å². The second kappa shape index (κ2) is 4.06. The molecule has 94 valence electrons. The summed E-state index contributed by atoms with van der Waals surface area (Å²) in [6.07, 6.45) is 1.67. The number of hydrogen-bond acceptors (Lipinski definition) is 4. The maximum Gasteiger partial charge on any atom is 0.230 e. The Hall–Kier alpha value is -1.95. The highest BCUT2D eigenvalue weighted by Crippen LogP contribution is 2.19. The first-order valence-electron chi connectivity index (χ1n) is 5.96. The van der Waals surface area contributed by atoms with Crippen molar-refractivity contribution in [3.05, 3.63) is 18.0 Å². The number of carbonyl (C=O) groups is 1. The molecular weight excluding hydrogens is 230 g/mol. The molecule has 0 aromatic carbocycles. The molecule has 0 spiro atoms. The lowest BCUT2D eigenvalue weighted by Crippen LogP contribution is -2.48. The van der Waals surface area contributed by atoms with Gasteiger partial charge in [0.25, 0.3) is 0 Å². The van der Waals surface area contributed by atoms with E-state index in [1.807, 2.05) is 20.0 Å². The topological polar surface area (TPSA) is 71.8 Å². The van der Waals surface area contributed by atoms with Crippen molar-refractivity contribution in [2.45, 2.75) is 6.92 Å². The molecule has 2 N–H and O–H groups in total. The third-order valence-electron chi connectivity index (χ3n) is 3.28. The van der Waals surface area contributed by atoms with Crippen LogP contribution in [0.3, 0.4) is 0 Å². The molecule has 3 rings (SSSR count). The summed E-state index contributed by atoms with van der Waals surface area (Å²) in [5.74, 6) is 0.132. The normalized spacial score (nSPS) is 15.7. The lowest BCUT2D eigenvalue weighted by molar-refractivity contribution is -0.121. The van der Waals surface area contributed by atoms with Crippen LogP contribution in [0.4, 0.5) is 5.69 Å². The lowest BCUT2D eigenvalue weighted by atomic mass is 10.0. The van der Waals surface area contributed by atoms with Gasteiger partial charge in [-0.05, 0) is 13.0 Å². The van der Waals surface area contributed by atoms with Crippen LogP contribution in [0.5, 0.6) is 0 Å². The molecule has 3 heterocycles. The molecule has 1 aliphatic heterocycles. The van der Waals surface area contributed by atoms with E-state index >= 15 is 0 Å². The largest absolute Gasteiger partial charge is 0.324 e. The zero-order valence-corrected chi connectivity index (χ0v) is 10.4. The molecule has 6 heteroatoms. The van der Waals surface area contributed by atoms with Crippen LogP contribution in [-0.2, 0) is 11.8 Å². The number of aryl methyl sites for hydroxylation is 2. The van der Waals surface area contributed by atoms with Crippen molar-refractivity contribution in [3.63, 3.8) is 0 Å². The van der Waals surface area contributed by atoms with Crippen LogP contribution >= 0.6 is 0 Å². The summed E-state index contributed by atoms with van der Waals surface area (Å²) in [4.78, 5) is 16.1. The van der Waals surface area contributed by atoms with E-state index in [0.717, 1.165) is 35.5 Å². The van der Waals surface area contributed by atoms with Gasteiger partial charge in [0, 0.05) is 25.5 Å². The molecule has 1 fully saturated rings. The Kier molecular flexibility index (Phi) is 2.52. The quantitative estimate of drug-likeness (QED) is 0.805. The first-order valence-corrected chi connectivity index (χ1v) is 5.96. The molecule has 18 heavy (non-hydrogen) atoms. The Bertz CT molecular complexity index is 614. The molecule has 0 bridgehead atoms. The Balaban J connectivity index is 1.88. The molecule has 0 unspecified atom stereocenters. The number of pyridine rings is 1. The fourth-order valence-corrected chi connectivity index (χ4v) is 2.09. The number of rotatable bonds is 2. The van der Waals surface area contributed by atoms with E-state index in [9.17, 15) is 4.79 Å². The van der Waals surface area contributed by atoms with Crippen LogP contribution in [0.15, 0.2) is 12.3 Å². The van der Waals surface area contributed by atoms with Crippen LogP contribution in [-0.4, -0.2) is 33.8 Å². The zero-order chi connectivity index (χ0) is 12.7. The first kappa shape index (κ1) is 11.2. The monoisotopic (exact) mass is 245 g/mol. The smallest absolute Gasteiger partial charge is 0.230 e. The number of aromatic nitrogens is 3. The van der Waals surface area contributed by atoms with Crippen molar-refractivity contribution in [2.24, 2.45) is 13.0 Å². The minimum atomic E-state index is 0.0523. The van der Waals surface area contributed by atoms with Crippen molar-refractivity contribution >= 4 is 22.6 Å². The Morgan fingerprint density at radius 1 is 1.56 bits per heavy atom. The Morgan fingerprint density at radius 3 is 3.00 bits per heavy atom. The Labute approximate surface area is 104 Å². The van der Waals surface area contributed by atoms with Crippen LogP contribution < -0.4 is 10.6 Å². The minimum Gasteiger partial charge on any atom is -0.324 e. The number of nitrogens with one attached hydrogen (secondary N) is 2. The van der Waals surface area contributed by atoms with Gasteiger partial charge >= 0.3 is 0 Å². The van der Waals surface area contributed by atoms with Crippen molar-refractivity contribution in [1.82, 2.24) is 20.1 Å². The van der Waals surface area contributed by atoms with E-state index in [2.05, 4.69) is 20.7 Å². The van der Waals surface area contributed by atoms with Crippen LogP contribution in [0.1, 0.15) is 5.69 Å². The summed E-state index contributed by atoms with van der Waals surface area (Å²) in [6.45, 7) is 3.45. The van der Waals surface area contributed by atoms with Gasteiger partial charge in [-0.25, -0.2) is 4.98 Å². The van der Waals surface area contributed by atoms with Crippen LogP contribution in [0.25, 0.3) is 11.0 Å². The van der Waals surface area contributed by atoms with Gasteiger partial charge in [0.2, 0.25) is 5.91 Å². The summed E-state index contributed by atoms with van der Waals surface area (Å²) in [5, 5.41) is 11.3. The average molecular weight is 245 g/mol. The van der Waals surface area contributed by atoms with Crippen LogP contribution in [0.2, 0.25) is 0 Å². The molecule has 0 saturated carbocycles. The summed E-state index contributed by atoms with van der Waals surface area (Å²) >= 11 is 0. The zero-order valence-electron chi connectivity index (χ0n) is 10.4. The summed E-state index contributed by atoms with van der Waals surface area (Å²) < 4.78 is 1.74. The highest BCUT2D eigenvalue weighted by molar-refractivity contribution is 5.95. The maximum absolute atomic E-state index is 11.8. The van der Waals surface area contributed by atoms with E-state index < -0.39 is 0 Å². The third-order valence-corrected chi connectivity index (χ3v) is 3.28. The average Bonchev–Trinajstić information content (AvgIpc) is 2.52. The number of anilines is 1. The highest BCUT2D eigenvalue weighted by Gasteiger charge is 2.24. The highest BCUT2D eigenvalue weighted by atomic mass is 16.2. The predicted octanol–water partition coefficient (Wildman–Crippen LogP) is 0.435. The molecule has 2 aromatic rings. The van der Waals surface area contributed by atoms with Gasteiger partial charge in [0.15, 0.2) is 5.65 Å². The summed E-state index contributed by atoms with van der Waals surface area (Å²) in [6, 6.07) is 1.93. The molecule has 6 nitrogen and oxygen atoms in total. The number of hydrogen-bond donors (Lipinski definition) is 2. The van der Waals surface area contributed by atoms with E-state index in [4.69, 9.17) is 0 Å². The van der Waals surface area contributed by atoms with E-state index in [1.54, 1.807) is 10.9 Å². The lowest BCUT2D eigenvalue weighted by Gasteiger charge is -2.25. The summed E-state index contributed by atoms with van der Waals surface area (Å²) in [7, 11) is 1.86. The molecule has 1 saturated heterocycles. The maximum atomic E-state index is 11.8. The molecule has 1 aliphatic rings. The number of carbonyl (C=O) groups excluding carboxylic acids is 1. The van der Waals surface area contributed by atoms with Gasteiger partial charge < -0.3 is 10.6 Å². The molecule has 2 aromatic heterocycles. The van der Waals surface area contributed by atoms with Gasteiger partial charge in [-0.2, -0.15) is 5.10 Å². The third kappa shape index (κ3) is 1.74. The molecular formula is C12H15N5O. The van der Waals surface area contributed by atoms with E-state index in [1.165, 1.54) is 0 Å². The molecule has 0 aliphatic carbocycles. The minimum absolute atomic E-state index is 0.0523. The van der Waals surface area contributed by atoms with Crippen molar-refractivity contribution in [3.8, 4) is 0 Å². The summed E-state index contributed by atoms with van der Waals surface area (Å²) in [5.41, 5.74) is 2.48. The van der Waals surface area contributed by atoms with Crippen molar-refractivity contribution < 1.29 is 4.79 Å². The second-order valence-corrected chi connectivity index (χ2v) is 4.65. The molecule has 0 radical (unpaired) electrons. The van der Waals surface area contributed by atoms with Gasteiger partial charge in [0.05, 0.1) is 23.5 Å². The number of amides is 1. The molecule has 0 atom stereocenters. The number of fused-ring (bicyclic) bond motifs is 1. The van der Waals surface area contributed by atoms with Crippen LogP contribution in [0, 0.1) is 12.8 Å². The van der Waals surface area contributed by atoms with E-state index in [0.29, 0.717) is 0 Å². The van der Waals surface area contributed by atoms with Gasteiger partial charge in [-0.15, -0.1) is 0 Å². The van der Waals surface area contributed by atoms with Crippen molar-refractivity contribution in [2.75, 3.05) is 18.4 Å².